The summed E-state index contributed by atoms with van der Waals surface area (Å²) in [6, 6.07) is 20.4. The highest BCUT2D eigenvalue weighted by atomic mass is 16.5. The van der Waals surface area contributed by atoms with Crippen LogP contribution >= 0.6 is 0 Å². The number of imidazole rings is 1. The average molecular weight is 814 g/mol. The Balaban J connectivity index is 0.978. The van der Waals surface area contributed by atoms with E-state index in [4.69, 9.17) is 14.5 Å². The Morgan fingerprint density at radius 2 is 1.22 bits per heavy atom. The molecule has 8 rings (SSSR count). The predicted octanol–water partition coefficient (Wildman–Crippen LogP) is 8.08. The third-order valence-corrected chi connectivity index (χ3v) is 12.6. The van der Waals surface area contributed by atoms with Gasteiger partial charge in [-0.3, -0.25) is 9.59 Å². The lowest BCUT2D eigenvalue weighted by Gasteiger charge is -2.30. The molecule has 0 spiro atoms. The Labute approximate surface area is 350 Å². The number of aromatic amines is 2. The number of alkyl carbamates (subject to hydrolysis) is 2. The van der Waals surface area contributed by atoms with Crippen LogP contribution in [0.1, 0.15) is 88.1 Å². The molecule has 60 heavy (non-hydrogen) atoms. The zero-order valence-electron chi connectivity index (χ0n) is 35.3. The number of carbonyl (C=O) groups is 4. The number of carbonyl (C=O) groups excluding carboxylic acids is 4. The maximum Gasteiger partial charge on any atom is 0.407 e. The molecular weight excluding hydrogens is 759 g/mol. The second-order valence-corrected chi connectivity index (χ2v) is 17.0. The minimum atomic E-state index is -0.681. The minimum Gasteiger partial charge on any atom is -0.453 e. The fourth-order valence-electron chi connectivity index (χ4n) is 9.33. The zero-order chi connectivity index (χ0) is 42.2. The molecule has 2 aliphatic heterocycles. The highest BCUT2D eigenvalue weighted by Crippen LogP contribution is 2.40. The van der Waals surface area contributed by atoms with Gasteiger partial charge in [-0.15, -0.1) is 0 Å². The maximum atomic E-state index is 13.7. The van der Waals surface area contributed by atoms with Gasteiger partial charge >= 0.3 is 12.2 Å². The van der Waals surface area contributed by atoms with Gasteiger partial charge in [0.25, 0.3) is 0 Å². The molecule has 4 amide bonds. The fraction of sp³-hybridized carbons (Fsp3) is 0.426. The molecule has 0 bridgehead atoms. The van der Waals surface area contributed by atoms with E-state index in [0.717, 1.165) is 83.3 Å². The van der Waals surface area contributed by atoms with E-state index in [9.17, 15) is 19.2 Å². The average Bonchev–Trinajstić information content (AvgIpc) is 4.09. The first-order valence-electron chi connectivity index (χ1n) is 21.2. The highest BCUT2D eigenvalue weighted by Gasteiger charge is 2.39. The van der Waals surface area contributed by atoms with Crippen LogP contribution in [0.15, 0.2) is 66.9 Å². The standard InChI is InChI=1S/C47H55N7O6/c1-26(2)41(51-46(57)59-5)44(55)53-19-7-9-39(53)37-24-33-14-11-29(23-36(33)49-37)28-15-17-34-30(21-28)12-13-31-22-32(16-18-35(31)34)38-25-48-43(50-38)40-10-8-20-54(40)45(56)42(27(3)4)52-47(58)60-6/h11,14-18,21-27,39-42,49H,7-10,12-13,19-20H2,1-6H3,(H,48,50)(H,51,57)(H,52,58)/t39-,40-,41-,42-/m0/s1. The summed E-state index contributed by atoms with van der Waals surface area (Å²) < 4.78 is 9.58. The van der Waals surface area contributed by atoms with Crippen LogP contribution in [0.2, 0.25) is 0 Å². The Kier molecular flexibility index (Phi) is 11.4. The third-order valence-electron chi connectivity index (χ3n) is 12.6. The van der Waals surface area contributed by atoms with Crippen molar-refractivity contribution in [2.75, 3.05) is 27.3 Å². The molecule has 1 aliphatic carbocycles. The van der Waals surface area contributed by atoms with Crippen LogP contribution in [0.25, 0.3) is 44.4 Å². The third kappa shape index (κ3) is 7.84. The summed E-state index contributed by atoms with van der Waals surface area (Å²) in [5.74, 6) is 0.353. The molecule has 0 radical (unpaired) electrons. The number of methoxy groups -OCH3 is 2. The number of hydrogen-bond acceptors (Lipinski definition) is 7. The molecule has 3 aliphatic rings. The van der Waals surface area contributed by atoms with E-state index in [0.29, 0.717) is 13.1 Å². The van der Waals surface area contributed by atoms with Crippen molar-refractivity contribution < 1.29 is 28.7 Å². The molecular formula is C47H55N7O6. The number of hydrogen-bond donors (Lipinski definition) is 4. The predicted molar refractivity (Wildman–Crippen MR) is 230 cm³/mol. The van der Waals surface area contributed by atoms with Gasteiger partial charge in [0.2, 0.25) is 11.8 Å². The molecule has 0 unspecified atom stereocenters. The number of fused-ring (bicyclic) bond motifs is 4. The lowest BCUT2D eigenvalue weighted by atomic mass is 9.83. The molecule has 2 aromatic heterocycles. The van der Waals surface area contributed by atoms with E-state index in [1.54, 1.807) is 0 Å². The number of nitrogens with zero attached hydrogens (tertiary/aromatic N) is 3. The number of ether oxygens (including phenoxy) is 2. The number of benzene rings is 3. The number of likely N-dealkylation sites (tertiary alicyclic amines) is 2. The van der Waals surface area contributed by atoms with Crippen LogP contribution in [0.5, 0.6) is 0 Å². The quantitative estimate of drug-likeness (QED) is 0.111. The molecule has 2 saturated heterocycles. The van der Waals surface area contributed by atoms with Gasteiger partial charge in [0.1, 0.15) is 17.9 Å². The number of aryl methyl sites for hydroxylation is 2. The van der Waals surface area contributed by atoms with Gasteiger partial charge < -0.3 is 39.9 Å². The van der Waals surface area contributed by atoms with E-state index in [-0.39, 0.29) is 35.7 Å². The topological polar surface area (TPSA) is 162 Å². The van der Waals surface area contributed by atoms with Gasteiger partial charge in [-0.1, -0.05) is 70.2 Å². The fourth-order valence-corrected chi connectivity index (χ4v) is 9.33. The highest BCUT2D eigenvalue weighted by molar-refractivity contribution is 5.89. The van der Waals surface area contributed by atoms with Gasteiger partial charge in [0, 0.05) is 24.3 Å². The van der Waals surface area contributed by atoms with Crippen molar-refractivity contribution in [2.24, 2.45) is 11.8 Å². The second kappa shape index (κ2) is 16.9. The first-order chi connectivity index (χ1) is 28.9. The van der Waals surface area contributed by atoms with Gasteiger partial charge in [0.15, 0.2) is 0 Å². The van der Waals surface area contributed by atoms with E-state index in [2.05, 4.69) is 81.3 Å². The lowest BCUT2D eigenvalue weighted by Crippen LogP contribution is -2.51. The summed E-state index contributed by atoms with van der Waals surface area (Å²) in [6.07, 6.45) is 5.88. The van der Waals surface area contributed by atoms with Crippen molar-refractivity contribution in [3.8, 4) is 33.5 Å². The van der Waals surface area contributed by atoms with Crippen LogP contribution in [0, 0.1) is 11.8 Å². The van der Waals surface area contributed by atoms with E-state index >= 15 is 0 Å². The summed E-state index contributed by atoms with van der Waals surface area (Å²) >= 11 is 0. The number of amides is 4. The molecule has 314 valence electrons. The number of rotatable bonds is 10. The second-order valence-electron chi connectivity index (χ2n) is 17.0. The Bertz CT molecular complexity index is 2430. The van der Waals surface area contributed by atoms with Crippen LogP contribution < -0.4 is 10.6 Å². The van der Waals surface area contributed by atoms with Crippen LogP contribution in [0.3, 0.4) is 0 Å². The zero-order valence-corrected chi connectivity index (χ0v) is 35.3. The van der Waals surface area contributed by atoms with Crippen LogP contribution in [-0.4, -0.2) is 88.1 Å². The molecule has 4 atom stereocenters. The molecule has 3 aromatic carbocycles. The van der Waals surface area contributed by atoms with Gasteiger partial charge in [-0.05, 0) is 113 Å². The van der Waals surface area contributed by atoms with Gasteiger partial charge in [0.05, 0.1) is 38.2 Å². The summed E-state index contributed by atoms with van der Waals surface area (Å²) in [4.78, 5) is 67.0. The van der Waals surface area contributed by atoms with Crippen molar-refractivity contribution in [1.29, 1.82) is 0 Å². The van der Waals surface area contributed by atoms with Crippen LogP contribution in [-0.2, 0) is 31.9 Å². The van der Waals surface area contributed by atoms with Crippen LogP contribution in [0.4, 0.5) is 9.59 Å². The van der Waals surface area contributed by atoms with E-state index in [1.165, 1.54) is 36.5 Å². The maximum absolute atomic E-state index is 13.7. The summed E-state index contributed by atoms with van der Waals surface area (Å²) in [5, 5.41) is 6.55. The summed E-state index contributed by atoms with van der Waals surface area (Å²) in [7, 11) is 2.61. The van der Waals surface area contributed by atoms with Crippen molar-refractivity contribution in [2.45, 2.75) is 90.4 Å². The number of nitrogens with one attached hydrogen (secondary N) is 4. The van der Waals surface area contributed by atoms with Crippen molar-refractivity contribution in [3.63, 3.8) is 0 Å². The molecule has 13 nitrogen and oxygen atoms in total. The molecule has 0 saturated carbocycles. The Hall–Kier alpha value is -6.11. The monoisotopic (exact) mass is 813 g/mol. The molecule has 4 heterocycles. The first-order valence-corrected chi connectivity index (χ1v) is 21.2. The molecule has 13 heteroatoms. The van der Waals surface area contributed by atoms with Gasteiger partial charge in [-0.25, -0.2) is 14.6 Å². The summed E-state index contributed by atoms with van der Waals surface area (Å²) in [5.41, 5.74) is 11.3. The normalized spacial score (nSPS) is 18.3. The van der Waals surface area contributed by atoms with Gasteiger partial charge in [-0.2, -0.15) is 0 Å². The number of H-pyrrole nitrogens is 2. The van der Waals surface area contributed by atoms with E-state index in [1.807, 2.05) is 43.7 Å². The largest absolute Gasteiger partial charge is 0.453 e. The Morgan fingerprint density at radius 3 is 1.82 bits per heavy atom. The lowest BCUT2D eigenvalue weighted by molar-refractivity contribution is -0.136. The molecule has 5 aromatic rings. The van der Waals surface area contributed by atoms with Crippen molar-refractivity contribution in [3.05, 3.63) is 89.5 Å². The first kappa shape index (κ1) is 40.7. The molecule has 2 fully saturated rings. The van der Waals surface area contributed by atoms with Crippen molar-refractivity contribution in [1.82, 2.24) is 35.4 Å². The SMILES string of the molecule is COC(=O)N[C@H](C(=O)N1CCC[C@H]1c1cc2ccc(-c3ccc4c(c3)CCc3cc(-c5cnc([C@@H]6CCCN6C(=O)[C@@H](NC(=O)OC)C(C)C)[nH]5)ccc3-4)cc2[nH]1)C(C)C. The summed E-state index contributed by atoms with van der Waals surface area (Å²) in [6.45, 7) is 8.93. The molecule has 4 N–H and O–H groups in total. The van der Waals surface area contributed by atoms with Crippen molar-refractivity contribution >= 4 is 34.9 Å². The minimum absolute atomic E-state index is 0.0836. The number of aromatic nitrogens is 3. The Morgan fingerprint density at radius 1 is 0.683 bits per heavy atom. The smallest absolute Gasteiger partial charge is 0.407 e. The van der Waals surface area contributed by atoms with E-state index < -0.39 is 24.3 Å².